The van der Waals surface area contributed by atoms with Crippen LogP contribution < -0.4 is 5.32 Å². The molecule has 0 aliphatic carbocycles. The lowest BCUT2D eigenvalue weighted by Crippen LogP contribution is -2.04. The lowest BCUT2D eigenvalue weighted by molar-refractivity contribution is 0.896. The van der Waals surface area contributed by atoms with Gasteiger partial charge in [-0.3, -0.25) is 0 Å². The van der Waals surface area contributed by atoms with E-state index in [1.54, 1.807) is 0 Å². The molecule has 6 nitrogen and oxygen atoms in total. The number of anilines is 1. The van der Waals surface area contributed by atoms with Gasteiger partial charge in [0.15, 0.2) is 5.16 Å². The minimum Gasteiger partial charge on any atom is -0.354 e. The maximum atomic E-state index is 5.92. The number of halogens is 1. The summed E-state index contributed by atoms with van der Waals surface area (Å²) in [4.78, 5) is 21.0. The highest BCUT2D eigenvalue weighted by molar-refractivity contribution is 7.99. The SMILES string of the molecule is CCNc1nc(Cl)nc(Sc2ncnc3ccccc23)n1. The quantitative estimate of drug-likeness (QED) is 0.741. The second kappa shape index (κ2) is 6.19. The van der Waals surface area contributed by atoms with E-state index in [0.29, 0.717) is 17.6 Å². The van der Waals surface area contributed by atoms with Gasteiger partial charge in [0.25, 0.3) is 0 Å². The second-order valence-corrected chi connectivity index (χ2v) is 5.33. The van der Waals surface area contributed by atoms with Crippen molar-refractivity contribution in [1.82, 2.24) is 24.9 Å². The third kappa shape index (κ3) is 3.20. The van der Waals surface area contributed by atoms with Gasteiger partial charge >= 0.3 is 0 Å². The molecule has 1 aromatic carbocycles. The van der Waals surface area contributed by atoms with E-state index in [4.69, 9.17) is 11.6 Å². The van der Waals surface area contributed by atoms with Crippen LogP contribution in [-0.2, 0) is 0 Å². The van der Waals surface area contributed by atoms with Crippen LogP contribution in [0.15, 0.2) is 40.8 Å². The van der Waals surface area contributed by atoms with Gasteiger partial charge in [0.1, 0.15) is 11.4 Å². The van der Waals surface area contributed by atoms with Crippen LogP contribution in [0.2, 0.25) is 5.28 Å². The Morgan fingerprint density at radius 1 is 1.14 bits per heavy atom. The highest BCUT2D eigenvalue weighted by Crippen LogP contribution is 2.29. The highest BCUT2D eigenvalue weighted by atomic mass is 35.5. The zero-order valence-electron chi connectivity index (χ0n) is 11.1. The number of para-hydroxylation sites is 1. The molecule has 0 saturated heterocycles. The lowest BCUT2D eigenvalue weighted by atomic mass is 10.2. The van der Waals surface area contributed by atoms with Crippen LogP contribution in [0.3, 0.4) is 0 Å². The van der Waals surface area contributed by atoms with Gasteiger partial charge in [-0.05, 0) is 36.4 Å². The van der Waals surface area contributed by atoms with E-state index < -0.39 is 0 Å². The molecular weight excluding hydrogens is 308 g/mol. The fourth-order valence-corrected chi connectivity index (χ4v) is 2.79. The van der Waals surface area contributed by atoms with E-state index in [0.717, 1.165) is 15.9 Å². The van der Waals surface area contributed by atoms with Crippen molar-refractivity contribution < 1.29 is 0 Å². The lowest BCUT2D eigenvalue weighted by Gasteiger charge is -2.05. The Labute approximate surface area is 130 Å². The van der Waals surface area contributed by atoms with Crippen molar-refractivity contribution >= 4 is 40.2 Å². The molecule has 1 N–H and O–H groups in total. The van der Waals surface area contributed by atoms with Crippen molar-refractivity contribution in [2.24, 2.45) is 0 Å². The predicted octanol–water partition coefficient (Wildman–Crippen LogP) is 3.05. The van der Waals surface area contributed by atoms with Crippen LogP contribution in [0.1, 0.15) is 6.92 Å². The van der Waals surface area contributed by atoms with E-state index in [2.05, 4.69) is 30.2 Å². The van der Waals surface area contributed by atoms with Crippen molar-refractivity contribution in [3.05, 3.63) is 35.9 Å². The van der Waals surface area contributed by atoms with Gasteiger partial charge in [0.2, 0.25) is 11.2 Å². The molecule has 3 rings (SSSR count). The van der Waals surface area contributed by atoms with Crippen LogP contribution in [0, 0.1) is 0 Å². The summed E-state index contributed by atoms with van der Waals surface area (Å²) >= 11 is 7.26. The van der Waals surface area contributed by atoms with Crippen LogP contribution >= 0.6 is 23.4 Å². The minimum atomic E-state index is 0.154. The Bertz CT molecular complexity index is 776. The largest absolute Gasteiger partial charge is 0.354 e. The van der Waals surface area contributed by atoms with E-state index in [1.807, 2.05) is 31.2 Å². The van der Waals surface area contributed by atoms with Gasteiger partial charge in [-0.15, -0.1) is 0 Å². The molecule has 0 bridgehead atoms. The Morgan fingerprint density at radius 2 is 2.00 bits per heavy atom. The third-order valence-corrected chi connectivity index (χ3v) is 3.67. The van der Waals surface area contributed by atoms with Gasteiger partial charge in [0, 0.05) is 11.9 Å². The summed E-state index contributed by atoms with van der Waals surface area (Å²) in [7, 11) is 0. The van der Waals surface area contributed by atoms with Crippen LogP contribution in [-0.4, -0.2) is 31.5 Å². The highest BCUT2D eigenvalue weighted by Gasteiger charge is 2.10. The molecule has 2 aromatic heterocycles. The van der Waals surface area contributed by atoms with Crippen LogP contribution in [0.25, 0.3) is 10.9 Å². The van der Waals surface area contributed by atoms with Crippen molar-refractivity contribution in [2.75, 3.05) is 11.9 Å². The standard InChI is InChI=1S/C13H11ClN6S/c1-2-15-12-18-11(14)19-13(20-12)21-10-8-5-3-4-6-9(8)16-7-17-10/h3-7H,2H2,1H3,(H,15,18,19,20). The van der Waals surface area contributed by atoms with Crippen molar-refractivity contribution in [1.29, 1.82) is 0 Å². The summed E-state index contributed by atoms with van der Waals surface area (Å²) in [6.07, 6.45) is 1.53. The number of aromatic nitrogens is 5. The fourth-order valence-electron chi connectivity index (χ4n) is 1.76. The van der Waals surface area contributed by atoms with E-state index in [-0.39, 0.29) is 5.28 Å². The number of fused-ring (bicyclic) bond motifs is 1. The predicted molar refractivity (Wildman–Crippen MR) is 82.7 cm³/mol. The maximum absolute atomic E-state index is 5.92. The molecule has 0 saturated carbocycles. The van der Waals surface area contributed by atoms with Gasteiger partial charge in [-0.25, -0.2) is 9.97 Å². The number of hydrogen-bond donors (Lipinski definition) is 1. The van der Waals surface area contributed by atoms with E-state index >= 15 is 0 Å². The van der Waals surface area contributed by atoms with Crippen LogP contribution in [0.4, 0.5) is 5.95 Å². The van der Waals surface area contributed by atoms with Crippen molar-refractivity contribution in [3.63, 3.8) is 0 Å². The molecule has 0 atom stereocenters. The zero-order valence-corrected chi connectivity index (χ0v) is 12.7. The monoisotopic (exact) mass is 318 g/mol. The molecule has 21 heavy (non-hydrogen) atoms. The Kier molecular flexibility index (Phi) is 4.12. The van der Waals surface area contributed by atoms with Gasteiger partial charge in [-0.2, -0.15) is 15.0 Å². The first-order valence-corrected chi connectivity index (χ1v) is 7.48. The summed E-state index contributed by atoms with van der Waals surface area (Å²) in [6.45, 7) is 2.67. The average Bonchev–Trinajstić information content (AvgIpc) is 2.47. The molecule has 0 amide bonds. The third-order valence-electron chi connectivity index (χ3n) is 2.62. The van der Waals surface area contributed by atoms with Gasteiger partial charge in [-0.1, -0.05) is 18.2 Å². The summed E-state index contributed by atoms with van der Waals surface area (Å²) in [5, 5.41) is 5.40. The number of rotatable bonds is 4. The number of nitrogens with one attached hydrogen (secondary N) is 1. The first-order valence-electron chi connectivity index (χ1n) is 6.29. The molecule has 106 valence electrons. The summed E-state index contributed by atoms with van der Waals surface area (Å²) < 4.78 is 0. The average molecular weight is 319 g/mol. The smallest absolute Gasteiger partial charge is 0.228 e. The molecular formula is C13H11ClN6S. The van der Waals surface area contributed by atoms with E-state index in [9.17, 15) is 0 Å². The fraction of sp³-hybridized carbons (Fsp3) is 0.154. The molecule has 2 heterocycles. The first kappa shape index (κ1) is 14.0. The minimum absolute atomic E-state index is 0.154. The van der Waals surface area contributed by atoms with Gasteiger partial charge in [0.05, 0.1) is 5.52 Å². The van der Waals surface area contributed by atoms with Crippen molar-refractivity contribution in [2.45, 2.75) is 17.1 Å². The summed E-state index contributed by atoms with van der Waals surface area (Å²) in [5.41, 5.74) is 0.877. The number of benzene rings is 1. The Balaban J connectivity index is 1.98. The Morgan fingerprint density at radius 3 is 2.86 bits per heavy atom. The Hall–Kier alpha value is -1.99. The topological polar surface area (TPSA) is 76.5 Å². The molecule has 0 aliphatic heterocycles. The molecule has 0 radical (unpaired) electrons. The second-order valence-electron chi connectivity index (χ2n) is 4.04. The molecule has 0 spiro atoms. The number of hydrogen-bond acceptors (Lipinski definition) is 7. The van der Waals surface area contributed by atoms with Crippen molar-refractivity contribution in [3.8, 4) is 0 Å². The number of nitrogens with zero attached hydrogens (tertiary/aromatic N) is 5. The zero-order chi connectivity index (χ0) is 14.7. The van der Waals surface area contributed by atoms with Crippen LogP contribution in [0.5, 0.6) is 0 Å². The summed E-state index contributed by atoms with van der Waals surface area (Å²) in [6, 6.07) is 7.78. The molecule has 3 aromatic rings. The molecule has 0 unspecified atom stereocenters. The summed E-state index contributed by atoms with van der Waals surface area (Å²) in [5.74, 6) is 0.457. The molecule has 0 fully saturated rings. The maximum Gasteiger partial charge on any atom is 0.228 e. The molecule has 8 heteroatoms. The van der Waals surface area contributed by atoms with Gasteiger partial charge < -0.3 is 5.32 Å². The molecule has 0 aliphatic rings. The van der Waals surface area contributed by atoms with E-state index in [1.165, 1.54) is 18.1 Å². The normalized spacial score (nSPS) is 10.8. The first-order chi connectivity index (χ1) is 10.3.